The maximum atomic E-state index is 10.1. The molecule has 3 rings (SSSR count). The molecule has 0 spiro atoms. The van der Waals surface area contributed by atoms with Crippen LogP contribution in [0.5, 0.6) is 0 Å². The number of carbonyl (C=O) groups is 3. The molecule has 0 aromatic heterocycles. The van der Waals surface area contributed by atoms with E-state index < -0.39 is 17.9 Å². The van der Waals surface area contributed by atoms with Crippen molar-refractivity contribution in [2.45, 2.75) is 0 Å². The normalized spacial score (nSPS) is 9.88. The number of aliphatic carboxylic acids is 3. The standard InChI is InChI=1S/3C9H8O2.Y/c3*10-9(11)7-6-8-4-2-1-3-5-8;/h3*1-7H,(H,10,11);/b3*7-6+;. The molecule has 0 unspecified atom stereocenters. The van der Waals surface area contributed by atoms with Gasteiger partial charge in [0.15, 0.2) is 0 Å². The summed E-state index contributed by atoms with van der Waals surface area (Å²) in [5.41, 5.74) is 2.69. The minimum atomic E-state index is -0.922. The molecule has 6 nitrogen and oxygen atoms in total. The van der Waals surface area contributed by atoms with Crippen LogP contribution < -0.4 is 0 Å². The summed E-state index contributed by atoms with van der Waals surface area (Å²) in [5, 5.41) is 24.9. The van der Waals surface area contributed by atoms with Crippen LogP contribution in [0.25, 0.3) is 18.2 Å². The summed E-state index contributed by atoms with van der Waals surface area (Å²) in [6.07, 6.45) is 8.03. The van der Waals surface area contributed by atoms with Crippen LogP contribution in [0, 0.1) is 0 Å². The third-order valence-corrected chi connectivity index (χ3v) is 3.65. The molecular weight excluding hydrogens is 509 g/mol. The van der Waals surface area contributed by atoms with Crippen LogP contribution in [-0.4, -0.2) is 33.2 Å². The van der Waals surface area contributed by atoms with E-state index in [1.807, 2.05) is 91.0 Å². The van der Waals surface area contributed by atoms with Crippen LogP contribution in [-0.2, 0) is 47.1 Å². The number of carboxylic acid groups (broad SMARTS) is 3. The van der Waals surface area contributed by atoms with Crippen molar-refractivity contribution in [2.24, 2.45) is 0 Å². The van der Waals surface area contributed by atoms with Crippen molar-refractivity contribution in [1.29, 1.82) is 0 Å². The number of rotatable bonds is 6. The summed E-state index contributed by atoms with van der Waals surface area (Å²) in [7, 11) is 0. The number of hydrogen-bond donors (Lipinski definition) is 3. The van der Waals surface area contributed by atoms with E-state index in [-0.39, 0.29) is 32.7 Å². The van der Waals surface area contributed by atoms with E-state index in [0.29, 0.717) is 0 Å². The fourth-order valence-electron chi connectivity index (χ4n) is 2.19. The summed E-state index contributed by atoms with van der Waals surface area (Å²) in [6, 6.07) is 27.9. The molecule has 7 heteroatoms. The second kappa shape index (κ2) is 18.9. The molecule has 0 saturated carbocycles. The zero-order valence-electron chi connectivity index (χ0n) is 18.3. The molecule has 0 amide bonds. The van der Waals surface area contributed by atoms with E-state index in [0.717, 1.165) is 34.9 Å². The zero-order chi connectivity index (χ0) is 24.3. The van der Waals surface area contributed by atoms with Crippen molar-refractivity contribution < 1.29 is 62.4 Å². The summed E-state index contributed by atoms with van der Waals surface area (Å²) in [5.74, 6) is -2.77. The summed E-state index contributed by atoms with van der Waals surface area (Å²) in [4.78, 5) is 30.3. The van der Waals surface area contributed by atoms with E-state index in [4.69, 9.17) is 15.3 Å². The van der Waals surface area contributed by atoms with Gasteiger partial charge in [-0.3, -0.25) is 0 Å². The van der Waals surface area contributed by atoms with Crippen molar-refractivity contribution in [2.75, 3.05) is 0 Å². The molecular formula is C27H24O6Y. The van der Waals surface area contributed by atoms with Gasteiger partial charge >= 0.3 is 17.9 Å². The fraction of sp³-hybridized carbons (Fsp3) is 0. The second-order valence-corrected chi connectivity index (χ2v) is 6.25. The molecule has 0 atom stereocenters. The Morgan fingerprint density at radius 2 is 0.647 bits per heavy atom. The number of hydrogen-bond acceptors (Lipinski definition) is 3. The Kier molecular flexibility index (Phi) is 16.9. The molecule has 1 radical (unpaired) electrons. The minimum absolute atomic E-state index is 0. The van der Waals surface area contributed by atoms with Crippen molar-refractivity contribution in [3.8, 4) is 0 Å². The van der Waals surface area contributed by atoms with Crippen LogP contribution in [0.3, 0.4) is 0 Å². The smallest absolute Gasteiger partial charge is 0.328 e. The van der Waals surface area contributed by atoms with Gasteiger partial charge in [-0.1, -0.05) is 91.0 Å². The Hall–Kier alpha value is -3.61. The second-order valence-electron chi connectivity index (χ2n) is 6.25. The molecule has 3 N–H and O–H groups in total. The molecule has 0 aliphatic rings. The summed E-state index contributed by atoms with van der Waals surface area (Å²) < 4.78 is 0. The van der Waals surface area contributed by atoms with Gasteiger partial charge in [0.2, 0.25) is 0 Å². The minimum Gasteiger partial charge on any atom is -0.478 e. The van der Waals surface area contributed by atoms with E-state index in [1.54, 1.807) is 18.2 Å². The Bertz CT molecular complexity index is 934. The van der Waals surface area contributed by atoms with Gasteiger partial charge < -0.3 is 15.3 Å². The first-order chi connectivity index (χ1) is 15.9. The Morgan fingerprint density at radius 3 is 0.824 bits per heavy atom. The summed E-state index contributed by atoms with van der Waals surface area (Å²) >= 11 is 0. The van der Waals surface area contributed by atoms with Gasteiger partial charge in [-0.15, -0.1) is 0 Å². The van der Waals surface area contributed by atoms with Gasteiger partial charge in [-0.05, 0) is 34.9 Å². The van der Waals surface area contributed by atoms with E-state index >= 15 is 0 Å². The van der Waals surface area contributed by atoms with Gasteiger partial charge in [-0.25, -0.2) is 14.4 Å². The van der Waals surface area contributed by atoms with Crippen molar-refractivity contribution in [3.63, 3.8) is 0 Å². The molecule has 0 heterocycles. The van der Waals surface area contributed by atoms with Gasteiger partial charge in [0.25, 0.3) is 0 Å². The van der Waals surface area contributed by atoms with Gasteiger partial charge in [-0.2, -0.15) is 0 Å². The van der Waals surface area contributed by atoms with E-state index in [9.17, 15) is 14.4 Å². The number of benzene rings is 3. The average Bonchev–Trinajstić information content (AvgIpc) is 2.83. The molecule has 3 aromatic rings. The van der Waals surface area contributed by atoms with Gasteiger partial charge in [0.05, 0.1) is 0 Å². The maximum Gasteiger partial charge on any atom is 0.328 e. The van der Waals surface area contributed by atoms with Crippen LogP contribution in [0.4, 0.5) is 0 Å². The third kappa shape index (κ3) is 17.0. The predicted molar refractivity (Wildman–Crippen MR) is 129 cm³/mol. The van der Waals surface area contributed by atoms with Crippen LogP contribution in [0.15, 0.2) is 109 Å². The molecule has 0 bridgehead atoms. The topological polar surface area (TPSA) is 112 Å². The maximum absolute atomic E-state index is 10.1. The third-order valence-electron chi connectivity index (χ3n) is 3.65. The molecule has 3 aromatic carbocycles. The Labute approximate surface area is 223 Å². The molecule has 0 aliphatic carbocycles. The van der Waals surface area contributed by atoms with Gasteiger partial charge in [0.1, 0.15) is 0 Å². The number of carboxylic acids is 3. The SMILES string of the molecule is O=C(O)/C=C/c1ccccc1.O=C(O)/C=C/c1ccccc1.O=C(O)/C=C/c1ccccc1.[Y]. The van der Waals surface area contributed by atoms with Crippen LogP contribution in [0.1, 0.15) is 16.7 Å². The first-order valence-electron chi connectivity index (χ1n) is 9.75. The van der Waals surface area contributed by atoms with E-state index in [2.05, 4.69) is 0 Å². The Balaban J connectivity index is 0.000000473. The predicted octanol–water partition coefficient (Wildman–Crippen LogP) is 5.35. The van der Waals surface area contributed by atoms with Gasteiger partial charge in [0, 0.05) is 50.9 Å². The van der Waals surface area contributed by atoms with E-state index in [1.165, 1.54) is 0 Å². The molecule has 34 heavy (non-hydrogen) atoms. The Morgan fingerprint density at radius 1 is 0.441 bits per heavy atom. The quantitative estimate of drug-likeness (QED) is 0.369. The first kappa shape index (κ1) is 30.4. The molecule has 171 valence electrons. The molecule has 0 aliphatic heterocycles. The fourth-order valence-corrected chi connectivity index (χ4v) is 2.19. The van der Waals surface area contributed by atoms with Crippen molar-refractivity contribution >= 4 is 36.1 Å². The summed E-state index contributed by atoms with van der Waals surface area (Å²) in [6.45, 7) is 0. The largest absolute Gasteiger partial charge is 0.478 e. The monoisotopic (exact) mass is 533 g/mol. The van der Waals surface area contributed by atoms with Crippen LogP contribution >= 0.6 is 0 Å². The molecule has 0 saturated heterocycles. The average molecular weight is 533 g/mol. The van der Waals surface area contributed by atoms with Crippen LogP contribution in [0.2, 0.25) is 0 Å². The molecule has 0 fully saturated rings. The first-order valence-corrected chi connectivity index (χ1v) is 9.75. The zero-order valence-corrected chi connectivity index (χ0v) is 21.1. The van der Waals surface area contributed by atoms with Crippen molar-refractivity contribution in [1.82, 2.24) is 0 Å². The van der Waals surface area contributed by atoms with Crippen molar-refractivity contribution in [3.05, 3.63) is 126 Å².